The SMILES string of the molecule is C=CCCCNCC(=C)Br. The fourth-order valence-electron chi connectivity index (χ4n) is 0.595. The molecule has 0 aromatic rings. The number of unbranched alkanes of at least 4 members (excludes halogenated alkanes) is 1. The highest BCUT2D eigenvalue weighted by Crippen LogP contribution is 1.96. The summed E-state index contributed by atoms with van der Waals surface area (Å²) in [6.07, 6.45) is 4.18. The molecule has 0 fully saturated rings. The second-order valence-electron chi connectivity index (χ2n) is 2.12. The van der Waals surface area contributed by atoms with Crippen molar-refractivity contribution in [3.63, 3.8) is 0 Å². The summed E-state index contributed by atoms with van der Waals surface area (Å²) in [4.78, 5) is 0. The van der Waals surface area contributed by atoms with Crippen LogP contribution >= 0.6 is 15.9 Å². The zero-order valence-corrected chi connectivity index (χ0v) is 7.78. The standard InChI is InChI=1S/C8H14BrN/c1-3-4-5-6-10-7-8(2)9/h3,10H,1-2,4-7H2. The average Bonchev–Trinajstić information content (AvgIpc) is 1.87. The van der Waals surface area contributed by atoms with Gasteiger partial charge in [-0.15, -0.1) is 6.58 Å². The molecule has 58 valence electrons. The van der Waals surface area contributed by atoms with Gasteiger partial charge in [-0.2, -0.15) is 0 Å². The van der Waals surface area contributed by atoms with Gasteiger partial charge in [-0.3, -0.25) is 0 Å². The van der Waals surface area contributed by atoms with E-state index in [1.807, 2.05) is 6.08 Å². The third kappa shape index (κ3) is 7.92. The predicted octanol–water partition coefficient (Wildman–Crippen LogP) is 2.45. The van der Waals surface area contributed by atoms with E-state index in [0.717, 1.165) is 30.4 Å². The van der Waals surface area contributed by atoms with Crippen LogP contribution in [0.4, 0.5) is 0 Å². The number of allylic oxidation sites excluding steroid dienone is 1. The third-order valence-electron chi connectivity index (χ3n) is 1.08. The summed E-state index contributed by atoms with van der Waals surface area (Å²) >= 11 is 3.27. The summed E-state index contributed by atoms with van der Waals surface area (Å²) in [7, 11) is 0. The van der Waals surface area contributed by atoms with E-state index in [1.54, 1.807) is 0 Å². The van der Waals surface area contributed by atoms with Crippen molar-refractivity contribution in [1.29, 1.82) is 0 Å². The molecular formula is C8H14BrN. The van der Waals surface area contributed by atoms with E-state index in [4.69, 9.17) is 0 Å². The molecule has 0 spiro atoms. The Hall–Kier alpha value is -0.0800. The monoisotopic (exact) mass is 203 g/mol. The summed E-state index contributed by atoms with van der Waals surface area (Å²) in [5.41, 5.74) is 0. The highest BCUT2D eigenvalue weighted by Gasteiger charge is 1.86. The average molecular weight is 204 g/mol. The maximum atomic E-state index is 3.71. The smallest absolute Gasteiger partial charge is 0.0265 e. The van der Waals surface area contributed by atoms with Crippen molar-refractivity contribution in [2.24, 2.45) is 0 Å². The van der Waals surface area contributed by atoms with Crippen molar-refractivity contribution >= 4 is 15.9 Å². The molecule has 0 unspecified atom stereocenters. The van der Waals surface area contributed by atoms with E-state index in [9.17, 15) is 0 Å². The molecule has 0 aromatic heterocycles. The van der Waals surface area contributed by atoms with Gasteiger partial charge in [0.2, 0.25) is 0 Å². The van der Waals surface area contributed by atoms with Crippen LogP contribution in [0.15, 0.2) is 23.7 Å². The molecule has 0 bridgehead atoms. The Labute approximate surface area is 71.3 Å². The van der Waals surface area contributed by atoms with Crippen LogP contribution in [0.5, 0.6) is 0 Å². The maximum absolute atomic E-state index is 3.71. The molecule has 0 saturated carbocycles. The highest BCUT2D eigenvalue weighted by molar-refractivity contribution is 9.11. The van der Waals surface area contributed by atoms with Gasteiger partial charge in [0.1, 0.15) is 0 Å². The first-order chi connectivity index (χ1) is 4.77. The Morgan fingerprint density at radius 2 is 2.30 bits per heavy atom. The number of hydrogen-bond acceptors (Lipinski definition) is 1. The largest absolute Gasteiger partial charge is 0.312 e. The first kappa shape index (κ1) is 9.92. The van der Waals surface area contributed by atoms with Crippen molar-refractivity contribution in [1.82, 2.24) is 5.32 Å². The number of halogens is 1. The lowest BCUT2D eigenvalue weighted by atomic mass is 10.3. The molecule has 1 N–H and O–H groups in total. The van der Waals surface area contributed by atoms with Gasteiger partial charge >= 0.3 is 0 Å². The molecule has 0 aliphatic carbocycles. The Balaban J connectivity index is 2.90. The molecule has 0 saturated heterocycles. The fourth-order valence-corrected chi connectivity index (χ4v) is 0.794. The molecule has 0 rings (SSSR count). The summed E-state index contributed by atoms with van der Waals surface area (Å²) in [6.45, 7) is 9.24. The van der Waals surface area contributed by atoms with Gasteiger partial charge < -0.3 is 5.32 Å². The van der Waals surface area contributed by atoms with E-state index >= 15 is 0 Å². The lowest BCUT2D eigenvalue weighted by molar-refractivity contribution is 0.699. The van der Waals surface area contributed by atoms with Gasteiger partial charge in [-0.05, 0) is 19.4 Å². The van der Waals surface area contributed by atoms with E-state index in [1.165, 1.54) is 0 Å². The molecule has 0 heterocycles. The molecule has 0 atom stereocenters. The van der Waals surface area contributed by atoms with Crippen LogP contribution in [0.3, 0.4) is 0 Å². The van der Waals surface area contributed by atoms with Gasteiger partial charge in [0, 0.05) is 11.0 Å². The van der Waals surface area contributed by atoms with Gasteiger partial charge in [0.05, 0.1) is 0 Å². The van der Waals surface area contributed by atoms with Gasteiger partial charge in [0.25, 0.3) is 0 Å². The van der Waals surface area contributed by atoms with Crippen molar-refractivity contribution in [3.05, 3.63) is 23.7 Å². The van der Waals surface area contributed by atoms with Crippen LogP contribution < -0.4 is 5.32 Å². The maximum Gasteiger partial charge on any atom is 0.0265 e. The minimum atomic E-state index is 0.858. The first-order valence-electron chi connectivity index (χ1n) is 3.42. The van der Waals surface area contributed by atoms with Gasteiger partial charge in [0.15, 0.2) is 0 Å². The number of rotatable bonds is 6. The lowest BCUT2D eigenvalue weighted by Crippen LogP contribution is -2.15. The van der Waals surface area contributed by atoms with Crippen LogP contribution in [-0.2, 0) is 0 Å². The van der Waals surface area contributed by atoms with Gasteiger partial charge in [-0.25, -0.2) is 0 Å². The molecule has 1 nitrogen and oxygen atoms in total. The van der Waals surface area contributed by atoms with E-state index in [2.05, 4.69) is 34.4 Å². The van der Waals surface area contributed by atoms with E-state index < -0.39 is 0 Å². The molecular weight excluding hydrogens is 190 g/mol. The molecule has 0 aromatic carbocycles. The Bertz CT molecular complexity index is 110. The Morgan fingerprint density at radius 3 is 2.80 bits per heavy atom. The van der Waals surface area contributed by atoms with Crippen molar-refractivity contribution in [3.8, 4) is 0 Å². The molecule has 0 aliphatic rings. The summed E-state index contributed by atoms with van der Waals surface area (Å²) in [5, 5.41) is 3.23. The zero-order chi connectivity index (χ0) is 7.82. The summed E-state index contributed by atoms with van der Waals surface area (Å²) < 4.78 is 1.01. The van der Waals surface area contributed by atoms with Crippen LogP contribution in [0.2, 0.25) is 0 Å². The summed E-state index contributed by atoms with van der Waals surface area (Å²) in [5.74, 6) is 0. The van der Waals surface area contributed by atoms with Crippen LogP contribution in [-0.4, -0.2) is 13.1 Å². The van der Waals surface area contributed by atoms with E-state index in [-0.39, 0.29) is 0 Å². The second-order valence-corrected chi connectivity index (χ2v) is 3.25. The second kappa shape index (κ2) is 7.03. The van der Waals surface area contributed by atoms with Crippen LogP contribution in [0.25, 0.3) is 0 Å². The third-order valence-corrected chi connectivity index (χ3v) is 1.36. The number of hydrogen-bond donors (Lipinski definition) is 1. The number of nitrogens with one attached hydrogen (secondary N) is 1. The fraction of sp³-hybridized carbons (Fsp3) is 0.500. The van der Waals surface area contributed by atoms with Crippen molar-refractivity contribution in [2.45, 2.75) is 12.8 Å². The Kier molecular flexibility index (Phi) is 6.98. The van der Waals surface area contributed by atoms with Crippen molar-refractivity contribution in [2.75, 3.05) is 13.1 Å². The molecule has 0 radical (unpaired) electrons. The normalized spacial score (nSPS) is 9.30. The Morgan fingerprint density at radius 1 is 1.60 bits per heavy atom. The minimum absolute atomic E-state index is 0.858. The highest BCUT2D eigenvalue weighted by atomic mass is 79.9. The lowest BCUT2D eigenvalue weighted by Gasteiger charge is -2.00. The predicted molar refractivity (Wildman–Crippen MR) is 50.4 cm³/mol. The van der Waals surface area contributed by atoms with Crippen LogP contribution in [0.1, 0.15) is 12.8 Å². The first-order valence-corrected chi connectivity index (χ1v) is 4.21. The van der Waals surface area contributed by atoms with Crippen molar-refractivity contribution < 1.29 is 0 Å². The topological polar surface area (TPSA) is 12.0 Å². The molecule has 10 heavy (non-hydrogen) atoms. The molecule has 0 aliphatic heterocycles. The van der Waals surface area contributed by atoms with Gasteiger partial charge in [-0.1, -0.05) is 28.6 Å². The quantitative estimate of drug-likeness (QED) is 0.517. The minimum Gasteiger partial charge on any atom is -0.312 e. The molecule has 2 heteroatoms. The van der Waals surface area contributed by atoms with E-state index in [0.29, 0.717) is 0 Å². The summed E-state index contributed by atoms with van der Waals surface area (Å²) in [6, 6.07) is 0. The molecule has 0 amide bonds. The van der Waals surface area contributed by atoms with Crippen LogP contribution in [0, 0.1) is 0 Å². The zero-order valence-electron chi connectivity index (χ0n) is 6.20.